The molecule has 1 fully saturated rings. The van der Waals surface area contributed by atoms with E-state index in [0.717, 1.165) is 23.6 Å². The predicted octanol–water partition coefficient (Wildman–Crippen LogP) is 5.77. The van der Waals surface area contributed by atoms with Crippen molar-refractivity contribution in [3.05, 3.63) is 63.1 Å². The summed E-state index contributed by atoms with van der Waals surface area (Å²) in [5.41, 5.74) is 3.10. The molecular formula is C25H25Cl2N3O3. The van der Waals surface area contributed by atoms with Crippen molar-refractivity contribution in [3.8, 4) is 0 Å². The maximum atomic E-state index is 13.2. The highest BCUT2D eigenvalue weighted by atomic mass is 35.5. The first-order valence-corrected chi connectivity index (χ1v) is 11.6. The quantitative estimate of drug-likeness (QED) is 0.442. The van der Waals surface area contributed by atoms with Crippen LogP contribution in [-0.2, 0) is 9.59 Å². The van der Waals surface area contributed by atoms with Crippen LogP contribution in [0.4, 0.5) is 16.2 Å². The zero-order valence-corrected chi connectivity index (χ0v) is 20.4. The minimum absolute atomic E-state index is 0.0408. The first-order chi connectivity index (χ1) is 15.5. The zero-order chi connectivity index (χ0) is 24.1. The zero-order valence-electron chi connectivity index (χ0n) is 18.9. The average Bonchev–Trinajstić information content (AvgIpc) is 2.72. The lowest BCUT2D eigenvalue weighted by molar-refractivity contribution is -0.122. The molecule has 172 valence electrons. The molecule has 0 aromatic heterocycles. The van der Waals surface area contributed by atoms with Crippen LogP contribution in [0, 0.1) is 0 Å². The van der Waals surface area contributed by atoms with Gasteiger partial charge < -0.3 is 4.90 Å². The number of carbonyl (C=O) groups is 3. The van der Waals surface area contributed by atoms with Crippen LogP contribution in [0.25, 0.3) is 6.08 Å². The molecular weight excluding hydrogens is 461 g/mol. The highest BCUT2D eigenvalue weighted by molar-refractivity contribution is 6.42. The number of benzene rings is 2. The number of hydrogen-bond donors (Lipinski definition) is 1. The molecule has 1 N–H and O–H groups in total. The van der Waals surface area contributed by atoms with Gasteiger partial charge >= 0.3 is 6.03 Å². The summed E-state index contributed by atoms with van der Waals surface area (Å²) in [5, 5.41) is 2.73. The van der Waals surface area contributed by atoms with Crippen molar-refractivity contribution in [1.82, 2.24) is 5.32 Å². The monoisotopic (exact) mass is 485 g/mol. The van der Waals surface area contributed by atoms with E-state index >= 15 is 0 Å². The third kappa shape index (κ3) is 4.13. The first kappa shape index (κ1) is 23.3. The number of barbiturate groups is 1. The van der Waals surface area contributed by atoms with Gasteiger partial charge in [0.25, 0.3) is 11.8 Å². The van der Waals surface area contributed by atoms with E-state index in [1.54, 1.807) is 0 Å². The van der Waals surface area contributed by atoms with Crippen LogP contribution in [-0.4, -0.2) is 29.9 Å². The van der Waals surface area contributed by atoms with E-state index < -0.39 is 17.8 Å². The van der Waals surface area contributed by atoms with Gasteiger partial charge in [0.05, 0.1) is 10.7 Å². The van der Waals surface area contributed by atoms with Crippen LogP contribution in [0.3, 0.4) is 0 Å². The average molecular weight is 486 g/mol. The second-order valence-electron chi connectivity index (χ2n) is 9.03. The highest BCUT2D eigenvalue weighted by Gasteiger charge is 2.38. The molecule has 2 aromatic rings. The van der Waals surface area contributed by atoms with E-state index in [1.807, 2.05) is 18.2 Å². The van der Waals surface area contributed by atoms with Crippen LogP contribution in [0.5, 0.6) is 0 Å². The normalized spacial score (nSPS) is 21.3. The number of carbonyl (C=O) groups excluding carboxylic acids is 3. The third-order valence-corrected chi connectivity index (χ3v) is 6.83. The molecule has 0 unspecified atom stereocenters. The molecule has 0 radical (unpaired) electrons. The fourth-order valence-corrected chi connectivity index (χ4v) is 5.40. The van der Waals surface area contributed by atoms with Gasteiger partial charge in [0.2, 0.25) is 0 Å². The van der Waals surface area contributed by atoms with Crippen molar-refractivity contribution in [2.45, 2.75) is 45.6 Å². The Bertz CT molecular complexity index is 1210. The van der Waals surface area contributed by atoms with Crippen LogP contribution >= 0.6 is 23.2 Å². The Kier molecular flexibility index (Phi) is 6.01. The lowest BCUT2D eigenvalue weighted by Crippen LogP contribution is -2.54. The van der Waals surface area contributed by atoms with Crippen molar-refractivity contribution >= 4 is 58.5 Å². The largest absolute Gasteiger partial charge is 0.366 e. The summed E-state index contributed by atoms with van der Waals surface area (Å²) in [5.74, 6) is -1.17. The summed E-state index contributed by atoms with van der Waals surface area (Å²) < 4.78 is 0. The van der Waals surface area contributed by atoms with Crippen molar-refractivity contribution in [3.63, 3.8) is 0 Å². The van der Waals surface area contributed by atoms with E-state index in [0.29, 0.717) is 16.5 Å². The number of nitrogens with zero attached hydrogens (tertiary/aromatic N) is 2. The summed E-state index contributed by atoms with van der Waals surface area (Å²) >= 11 is 12.2. The maximum Gasteiger partial charge on any atom is 0.335 e. The van der Waals surface area contributed by atoms with Crippen molar-refractivity contribution in [2.24, 2.45) is 0 Å². The predicted molar refractivity (Wildman–Crippen MR) is 132 cm³/mol. The van der Waals surface area contributed by atoms with Crippen molar-refractivity contribution in [2.75, 3.05) is 16.3 Å². The van der Waals surface area contributed by atoms with Gasteiger partial charge in [0.15, 0.2) is 0 Å². The van der Waals surface area contributed by atoms with Crippen LogP contribution in [0.15, 0.2) is 42.0 Å². The Labute approximate surface area is 203 Å². The molecule has 0 aliphatic carbocycles. The van der Waals surface area contributed by atoms with Crippen LogP contribution in [0.2, 0.25) is 10.0 Å². The molecule has 2 aliphatic rings. The number of anilines is 2. The molecule has 8 heteroatoms. The summed E-state index contributed by atoms with van der Waals surface area (Å²) in [6.45, 7) is 9.68. The van der Waals surface area contributed by atoms with E-state index in [4.69, 9.17) is 23.2 Å². The van der Waals surface area contributed by atoms with E-state index in [-0.39, 0.29) is 21.8 Å². The number of imide groups is 2. The number of amides is 4. The molecule has 0 spiro atoms. The SMILES string of the molecule is CCN1c2ccc(/C=C3\C(=O)NC(=O)N(c4ccc(Cl)cc4Cl)C3=O)cc2[C@@H](C)CC1(C)C. The third-order valence-electron chi connectivity index (χ3n) is 6.29. The van der Waals surface area contributed by atoms with Gasteiger partial charge in [0, 0.05) is 22.8 Å². The van der Waals surface area contributed by atoms with E-state index in [2.05, 4.69) is 37.9 Å². The van der Waals surface area contributed by atoms with E-state index in [1.165, 1.54) is 29.8 Å². The number of nitrogens with one attached hydrogen (secondary N) is 1. The van der Waals surface area contributed by atoms with Crippen LogP contribution in [0.1, 0.15) is 51.2 Å². The minimum atomic E-state index is -0.855. The fraction of sp³-hybridized carbons (Fsp3) is 0.320. The molecule has 4 amide bonds. The molecule has 4 rings (SSSR count). The molecule has 2 aromatic carbocycles. The highest BCUT2D eigenvalue weighted by Crippen LogP contribution is 2.43. The Balaban J connectivity index is 1.74. The van der Waals surface area contributed by atoms with Crippen molar-refractivity contribution in [1.29, 1.82) is 0 Å². The number of halogens is 2. The standard InChI is InChI=1S/C25H25Cl2N3O3/c1-5-29-20-8-6-15(10-17(20)14(2)13-25(29,3)4)11-18-22(31)28-24(33)30(23(18)32)21-9-7-16(26)12-19(21)27/h6-12,14H,5,13H2,1-4H3,(H,28,31,33)/b18-11+/t14-/m0/s1. The Morgan fingerprint density at radius 1 is 1.09 bits per heavy atom. The Hall–Kier alpha value is -2.83. The van der Waals surface area contributed by atoms with Gasteiger partial charge in [-0.25, -0.2) is 9.69 Å². The number of fused-ring (bicyclic) bond motifs is 1. The molecule has 1 saturated heterocycles. The second kappa shape index (κ2) is 8.50. The molecule has 33 heavy (non-hydrogen) atoms. The van der Waals surface area contributed by atoms with Gasteiger partial charge in [-0.3, -0.25) is 14.9 Å². The number of rotatable bonds is 3. The maximum absolute atomic E-state index is 13.2. The molecule has 0 saturated carbocycles. The van der Waals surface area contributed by atoms with Gasteiger partial charge in [-0.15, -0.1) is 0 Å². The fourth-order valence-electron chi connectivity index (χ4n) is 4.90. The molecule has 0 bridgehead atoms. The number of urea groups is 1. The first-order valence-electron chi connectivity index (χ1n) is 10.8. The van der Waals surface area contributed by atoms with Gasteiger partial charge in [-0.2, -0.15) is 0 Å². The molecule has 2 aliphatic heterocycles. The topological polar surface area (TPSA) is 69.7 Å². The summed E-state index contributed by atoms with van der Waals surface area (Å²) in [4.78, 5) is 41.5. The van der Waals surface area contributed by atoms with E-state index in [9.17, 15) is 14.4 Å². The Morgan fingerprint density at radius 3 is 2.45 bits per heavy atom. The van der Waals surface area contributed by atoms with Crippen molar-refractivity contribution < 1.29 is 14.4 Å². The minimum Gasteiger partial charge on any atom is -0.366 e. The smallest absolute Gasteiger partial charge is 0.335 e. The lowest BCUT2D eigenvalue weighted by atomic mass is 9.79. The lowest BCUT2D eigenvalue weighted by Gasteiger charge is -2.47. The summed E-state index contributed by atoms with van der Waals surface area (Å²) in [6.07, 6.45) is 2.51. The van der Waals surface area contributed by atoms with Crippen LogP contribution < -0.4 is 15.1 Å². The number of hydrogen-bond acceptors (Lipinski definition) is 4. The van der Waals surface area contributed by atoms with Gasteiger partial charge in [0.1, 0.15) is 5.57 Å². The molecule has 1 atom stereocenters. The van der Waals surface area contributed by atoms with Gasteiger partial charge in [-0.1, -0.05) is 36.2 Å². The Morgan fingerprint density at radius 2 is 1.79 bits per heavy atom. The van der Waals surface area contributed by atoms with Gasteiger partial charge in [-0.05, 0) is 80.6 Å². The summed E-state index contributed by atoms with van der Waals surface area (Å²) in [7, 11) is 0. The molecule has 2 heterocycles. The summed E-state index contributed by atoms with van der Waals surface area (Å²) in [6, 6.07) is 9.51. The molecule has 6 nitrogen and oxygen atoms in total. The second-order valence-corrected chi connectivity index (χ2v) is 9.88.